The third kappa shape index (κ3) is 3.34. The molecule has 8 heteroatoms. The van der Waals surface area contributed by atoms with Gasteiger partial charge >= 0.3 is 5.69 Å². The smallest absolute Gasteiger partial charge is 0.325 e. The molecule has 3 aromatic rings. The van der Waals surface area contributed by atoms with Crippen molar-refractivity contribution in [2.45, 2.75) is 4.90 Å². The van der Waals surface area contributed by atoms with Gasteiger partial charge in [-0.05, 0) is 18.2 Å². The van der Waals surface area contributed by atoms with Crippen LogP contribution in [0.3, 0.4) is 0 Å². The number of benzene rings is 1. The highest BCUT2D eigenvalue weighted by atomic mass is 32.2. The number of pyridine rings is 1. The largest absolute Gasteiger partial charge is 0.332 e. The summed E-state index contributed by atoms with van der Waals surface area (Å²) in [7, 11) is 2.99. The maximum Gasteiger partial charge on any atom is 0.332 e. The van der Waals surface area contributed by atoms with Gasteiger partial charge in [0.25, 0.3) is 5.56 Å². The summed E-state index contributed by atoms with van der Waals surface area (Å²) < 4.78 is 2.36. The van der Waals surface area contributed by atoms with Crippen molar-refractivity contribution in [2.24, 2.45) is 14.1 Å². The summed E-state index contributed by atoms with van der Waals surface area (Å²) in [5.74, 6) is -0.0391. The fourth-order valence-corrected chi connectivity index (χ4v) is 3.28. The first-order chi connectivity index (χ1) is 12.0. The molecule has 2 aromatic heterocycles. The topological polar surface area (TPSA) is 86.0 Å². The van der Waals surface area contributed by atoms with Gasteiger partial charge in [-0.2, -0.15) is 0 Å². The minimum atomic E-state index is -0.436. The average Bonchev–Trinajstić information content (AvgIpc) is 2.63. The molecule has 1 aromatic carbocycles. The van der Waals surface area contributed by atoms with Gasteiger partial charge < -0.3 is 5.32 Å². The summed E-state index contributed by atoms with van der Waals surface area (Å²) in [6, 6.07) is 10.8. The number of aryl methyl sites for hydroxylation is 1. The van der Waals surface area contributed by atoms with Crippen LogP contribution in [-0.4, -0.2) is 25.8 Å². The molecular formula is C17H16N4O3S. The van der Waals surface area contributed by atoms with Crippen LogP contribution in [0.25, 0.3) is 11.0 Å². The molecule has 0 aliphatic rings. The van der Waals surface area contributed by atoms with E-state index in [-0.39, 0.29) is 11.7 Å². The molecule has 0 saturated carbocycles. The van der Waals surface area contributed by atoms with Crippen LogP contribution in [0.15, 0.2) is 57.1 Å². The van der Waals surface area contributed by atoms with Gasteiger partial charge in [0, 0.05) is 30.9 Å². The number of aromatic nitrogens is 3. The van der Waals surface area contributed by atoms with Crippen molar-refractivity contribution in [3.05, 3.63) is 63.4 Å². The van der Waals surface area contributed by atoms with Crippen LogP contribution < -0.4 is 16.6 Å². The molecule has 0 unspecified atom stereocenters. The first kappa shape index (κ1) is 17.0. The first-order valence-electron chi connectivity index (χ1n) is 7.51. The van der Waals surface area contributed by atoms with Gasteiger partial charge in [0.15, 0.2) is 0 Å². The van der Waals surface area contributed by atoms with E-state index in [0.717, 1.165) is 4.57 Å². The number of anilines is 1. The van der Waals surface area contributed by atoms with Crippen LogP contribution in [-0.2, 0) is 18.9 Å². The van der Waals surface area contributed by atoms with E-state index < -0.39 is 11.2 Å². The number of hydrogen-bond donors (Lipinski definition) is 1. The lowest BCUT2D eigenvalue weighted by molar-refractivity contribution is -0.113. The number of nitrogens with one attached hydrogen (secondary N) is 1. The second-order valence-corrected chi connectivity index (χ2v) is 6.43. The van der Waals surface area contributed by atoms with Crippen LogP contribution in [0.1, 0.15) is 0 Å². The Morgan fingerprint density at radius 1 is 1.12 bits per heavy atom. The Morgan fingerprint density at radius 3 is 2.56 bits per heavy atom. The van der Waals surface area contributed by atoms with Gasteiger partial charge in [0.1, 0.15) is 5.65 Å². The molecule has 2 heterocycles. The Bertz CT molecular complexity index is 1060. The highest BCUT2D eigenvalue weighted by Gasteiger charge is 2.14. The predicted octanol–water partition coefficient (Wildman–Crippen LogP) is 1.36. The summed E-state index contributed by atoms with van der Waals surface area (Å²) in [4.78, 5) is 41.3. The second kappa shape index (κ2) is 6.94. The summed E-state index contributed by atoms with van der Waals surface area (Å²) >= 11 is 1.23. The molecule has 3 rings (SSSR count). The van der Waals surface area contributed by atoms with E-state index in [2.05, 4.69) is 10.3 Å². The molecule has 25 heavy (non-hydrogen) atoms. The maximum atomic E-state index is 12.5. The zero-order valence-electron chi connectivity index (χ0n) is 13.7. The molecule has 0 radical (unpaired) electrons. The molecule has 0 fully saturated rings. The van der Waals surface area contributed by atoms with Gasteiger partial charge in [-0.15, -0.1) is 11.8 Å². The van der Waals surface area contributed by atoms with Gasteiger partial charge in [-0.1, -0.05) is 18.2 Å². The SMILES string of the molecule is Cn1c(=O)c2c(SCC(=O)Nc3ccccc3)ccnc2n(C)c1=O. The van der Waals surface area contributed by atoms with Crippen molar-refractivity contribution in [1.29, 1.82) is 0 Å². The number of para-hydroxylation sites is 1. The summed E-state index contributed by atoms with van der Waals surface area (Å²) in [6.45, 7) is 0. The van der Waals surface area contributed by atoms with E-state index in [0.29, 0.717) is 21.6 Å². The molecule has 0 atom stereocenters. The predicted molar refractivity (Wildman–Crippen MR) is 98.0 cm³/mol. The first-order valence-corrected chi connectivity index (χ1v) is 8.50. The Morgan fingerprint density at radius 2 is 1.84 bits per heavy atom. The molecule has 1 amide bonds. The number of carbonyl (C=O) groups is 1. The minimum absolute atomic E-state index is 0.139. The Kier molecular flexibility index (Phi) is 4.71. The van der Waals surface area contributed by atoms with E-state index in [4.69, 9.17) is 0 Å². The zero-order chi connectivity index (χ0) is 18.0. The monoisotopic (exact) mass is 356 g/mol. The van der Waals surface area contributed by atoms with E-state index in [1.165, 1.54) is 29.6 Å². The molecule has 7 nitrogen and oxygen atoms in total. The molecule has 0 saturated heterocycles. The third-order valence-electron chi connectivity index (χ3n) is 3.72. The summed E-state index contributed by atoms with van der Waals surface area (Å²) in [5, 5.41) is 3.13. The fourth-order valence-electron chi connectivity index (χ4n) is 2.44. The van der Waals surface area contributed by atoms with Crippen molar-refractivity contribution in [3.8, 4) is 0 Å². The lowest BCUT2D eigenvalue weighted by Gasteiger charge is -2.10. The average molecular weight is 356 g/mol. The van der Waals surface area contributed by atoms with Crippen LogP contribution in [0.4, 0.5) is 5.69 Å². The highest BCUT2D eigenvalue weighted by Crippen LogP contribution is 2.23. The number of carbonyl (C=O) groups excluding carboxylic acids is 1. The van der Waals surface area contributed by atoms with Crippen LogP contribution in [0.2, 0.25) is 0 Å². The molecular weight excluding hydrogens is 340 g/mol. The van der Waals surface area contributed by atoms with Gasteiger partial charge in [-0.3, -0.25) is 18.7 Å². The lowest BCUT2D eigenvalue weighted by Crippen LogP contribution is -2.37. The zero-order valence-corrected chi connectivity index (χ0v) is 14.5. The van der Waals surface area contributed by atoms with Gasteiger partial charge in [-0.25, -0.2) is 9.78 Å². The Hall–Kier alpha value is -2.87. The molecule has 0 aliphatic carbocycles. The van der Waals surface area contributed by atoms with E-state index in [1.807, 2.05) is 18.2 Å². The fraction of sp³-hybridized carbons (Fsp3) is 0.176. The van der Waals surface area contributed by atoms with Crippen molar-refractivity contribution >= 4 is 34.4 Å². The molecule has 0 aliphatic heterocycles. The number of hydrogen-bond acceptors (Lipinski definition) is 5. The molecule has 1 N–H and O–H groups in total. The normalized spacial score (nSPS) is 10.8. The standard InChI is InChI=1S/C17H16N4O3S/c1-20-15-14(16(23)21(2)17(20)24)12(8-9-18-15)25-10-13(22)19-11-6-4-3-5-7-11/h3-9H,10H2,1-2H3,(H,19,22). The number of amides is 1. The van der Waals surface area contributed by atoms with E-state index in [1.54, 1.807) is 25.2 Å². The number of nitrogens with zero attached hydrogens (tertiary/aromatic N) is 3. The van der Waals surface area contributed by atoms with Crippen LogP contribution >= 0.6 is 11.8 Å². The van der Waals surface area contributed by atoms with Gasteiger partial charge in [0.05, 0.1) is 11.1 Å². The van der Waals surface area contributed by atoms with Crippen LogP contribution in [0, 0.1) is 0 Å². The van der Waals surface area contributed by atoms with Crippen LogP contribution in [0.5, 0.6) is 0 Å². The van der Waals surface area contributed by atoms with E-state index >= 15 is 0 Å². The third-order valence-corrected chi connectivity index (χ3v) is 4.78. The molecule has 0 bridgehead atoms. The van der Waals surface area contributed by atoms with Crippen molar-refractivity contribution in [1.82, 2.24) is 14.1 Å². The Labute approximate surface area is 147 Å². The lowest BCUT2D eigenvalue weighted by atomic mass is 10.3. The number of fused-ring (bicyclic) bond motifs is 1. The molecule has 128 valence electrons. The highest BCUT2D eigenvalue weighted by molar-refractivity contribution is 8.00. The van der Waals surface area contributed by atoms with Crippen molar-refractivity contribution < 1.29 is 4.79 Å². The summed E-state index contributed by atoms with van der Waals surface area (Å²) in [5.41, 5.74) is 0.165. The number of rotatable bonds is 4. The minimum Gasteiger partial charge on any atom is -0.325 e. The Balaban J connectivity index is 1.88. The maximum absolute atomic E-state index is 12.5. The van der Waals surface area contributed by atoms with E-state index in [9.17, 15) is 14.4 Å². The molecule has 0 spiro atoms. The van der Waals surface area contributed by atoms with Gasteiger partial charge in [0.2, 0.25) is 5.91 Å². The van der Waals surface area contributed by atoms with Crippen molar-refractivity contribution in [3.63, 3.8) is 0 Å². The quantitative estimate of drug-likeness (QED) is 0.714. The second-order valence-electron chi connectivity index (χ2n) is 5.42. The van der Waals surface area contributed by atoms with Crippen molar-refractivity contribution in [2.75, 3.05) is 11.1 Å². The summed E-state index contributed by atoms with van der Waals surface area (Å²) in [6.07, 6.45) is 1.53. The number of thioether (sulfide) groups is 1.